The van der Waals surface area contributed by atoms with Crippen LogP contribution in [0.15, 0.2) is 183 Å². The van der Waals surface area contributed by atoms with Gasteiger partial charge < -0.3 is 18.3 Å². The first-order valence-corrected chi connectivity index (χ1v) is 22.5. The van der Waals surface area contributed by atoms with Gasteiger partial charge in [0.25, 0.3) is 0 Å². The second kappa shape index (κ2) is 14.3. The number of hydrogen-bond acceptors (Lipinski definition) is 6. The van der Waals surface area contributed by atoms with Gasteiger partial charge in [-0.15, -0.1) is 0 Å². The molecule has 68 heavy (non-hydrogen) atoms. The van der Waals surface area contributed by atoms with E-state index >= 15 is 0 Å². The topological polar surface area (TPSA) is 108 Å². The SMILES string of the molecule is Cc1cc(-c2c(C#N)c(-n3c4ccccc4c4ccncc43)c(-n3c4ccccc4c4ccncc43)c(-n3c4ccccc4c4ccncc43)c2-n2c3ccccc3c3ccncc32)cc(C)n1. The zero-order valence-corrected chi connectivity index (χ0v) is 36.8. The molecule has 14 rings (SSSR count). The van der Waals surface area contributed by atoms with Crippen molar-refractivity contribution >= 4 is 87.2 Å². The van der Waals surface area contributed by atoms with E-state index in [9.17, 15) is 5.26 Å². The molecule has 10 nitrogen and oxygen atoms in total. The van der Waals surface area contributed by atoms with E-state index in [1.807, 2.05) is 63.4 Å². The van der Waals surface area contributed by atoms with Crippen molar-refractivity contribution in [1.29, 1.82) is 5.26 Å². The predicted octanol–water partition coefficient (Wildman–Crippen LogP) is 13.2. The van der Waals surface area contributed by atoms with E-state index in [1.54, 1.807) is 0 Å². The third-order valence-electron chi connectivity index (χ3n) is 13.7. The molecule has 0 saturated carbocycles. The lowest BCUT2D eigenvalue weighted by atomic mass is 9.92. The predicted molar refractivity (Wildman–Crippen MR) is 272 cm³/mol. The fourth-order valence-corrected chi connectivity index (χ4v) is 11.2. The number of nitrogens with zero attached hydrogens (tertiary/aromatic N) is 10. The first kappa shape index (κ1) is 37.9. The highest BCUT2D eigenvalue weighted by Crippen LogP contribution is 2.51. The minimum Gasteiger partial charge on any atom is -0.305 e. The standard InChI is InChI=1S/C58H36N10/c1-34-27-36(28-35(2)64-34)54-45(29-59)55(65-46-15-7-3-11-37(46)41-19-23-60-30-50(41)65)57(67-48-17-9-5-13-39(48)43-21-25-62-32-52(43)67)58(68-49-18-10-6-14-40(49)44-22-26-63-33-53(44)68)56(54)66-47-16-8-4-12-38(47)42-20-24-61-31-51(42)66/h3-28,30-33H,1-2H3. The number of benzene rings is 5. The Morgan fingerprint density at radius 3 is 1.04 bits per heavy atom. The van der Waals surface area contributed by atoms with Gasteiger partial charge in [0, 0.05) is 84.8 Å². The molecule has 0 radical (unpaired) electrons. The third-order valence-corrected chi connectivity index (χ3v) is 13.7. The van der Waals surface area contributed by atoms with E-state index in [0.29, 0.717) is 11.3 Å². The minimum atomic E-state index is 0.471. The molecule has 10 heteroatoms. The van der Waals surface area contributed by atoms with Gasteiger partial charge in [0.1, 0.15) is 6.07 Å². The van der Waals surface area contributed by atoms with Crippen molar-refractivity contribution in [1.82, 2.24) is 43.2 Å². The molecule has 0 N–H and O–H groups in total. The molecule has 9 aromatic heterocycles. The second-order valence-electron chi connectivity index (χ2n) is 17.4. The van der Waals surface area contributed by atoms with Crippen LogP contribution in [0.3, 0.4) is 0 Å². The summed E-state index contributed by atoms with van der Waals surface area (Å²) in [5, 5.41) is 20.8. The Labute approximate surface area is 387 Å². The monoisotopic (exact) mass is 872 g/mol. The van der Waals surface area contributed by atoms with Gasteiger partial charge in [-0.2, -0.15) is 5.26 Å². The van der Waals surface area contributed by atoms with Crippen molar-refractivity contribution in [3.63, 3.8) is 0 Å². The van der Waals surface area contributed by atoms with Gasteiger partial charge in [-0.05, 0) is 80.1 Å². The van der Waals surface area contributed by atoms with Crippen molar-refractivity contribution in [2.45, 2.75) is 13.8 Å². The number of hydrogen-bond donors (Lipinski definition) is 0. The van der Waals surface area contributed by atoms with E-state index in [4.69, 9.17) is 24.9 Å². The molecule has 0 unspecified atom stereocenters. The van der Waals surface area contributed by atoms with Crippen LogP contribution in [0.2, 0.25) is 0 Å². The average molecular weight is 873 g/mol. The highest BCUT2D eigenvalue weighted by molar-refractivity contribution is 6.17. The fourth-order valence-electron chi connectivity index (χ4n) is 11.2. The highest BCUT2D eigenvalue weighted by atomic mass is 15.1. The largest absolute Gasteiger partial charge is 0.305 e. The molecule has 0 bridgehead atoms. The number of para-hydroxylation sites is 4. The van der Waals surface area contributed by atoms with Crippen LogP contribution in [0.4, 0.5) is 0 Å². The van der Waals surface area contributed by atoms with Crippen molar-refractivity contribution in [3.05, 3.63) is 200 Å². The number of rotatable bonds is 5. The lowest BCUT2D eigenvalue weighted by Crippen LogP contribution is -2.17. The Morgan fingerprint density at radius 1 is 0.368 bits per heavy atom. The first-order valence-electron chi connectivity index (χ1n) is 22.5. The second-order valence-corrected chi connectivity index (χ2v) is 17.4. The maximum absolute atomic E-state index is 12.4. The molecule has 0 amide bonds. The molecule has 0 aliphatic rings. The summed E-state index contributed by atoms with van der Waals surface area (Å²) in [6.45, 7) is 4.04. The van der Waals surface area contributed by atoms with Crippen LogP contribution in [0.25, 0.3) is 121 Å². The van der Waals surface area contributed by atoms with Crippen molar-refractivity contribution in [2.24, 2.45) is 0 Å². The Kier molecular flexibility index (Phi) is 7.95. The van der Waals surface area contributed by atoms with Gasteiger partial charge in [0.15, 0.2) is 0 Å². The molecule has 5 aromatic carbocycles. The quantitative estimate of drug-likeness (QED) is 0.170. The van der Waals surface area contributed by atoms with E-state index in [1.165, 1.54) is 0 Å². The molecular weight excluding hydrogens is 837 g/mol. The Bertz CT molecular complexity index is 4270. The van der Waals surface area contributed by atoms with Gasteiger partial charge >= 0.3 is 0 Å². The van der Waals surface area contributed by atoms with E-state index in [0.717, 1.165) is 127 Å². The molecular formula is C58H36N10. The van der Waals surface area contributed by atoms with Crippen LogP contribution >= 0.6 is 0 Å². The molecule has 0 atom stereocenters. The van der Waals surface area contributed by atoms with Crippen LogP contribution in [0.5, 0.6) is 0 Å². The third kappa shape index (κ3) is 5.12. The Hall–Kier alpha value is -9.46. The zero-order chi connectivity index (χ0) is 45.2. The van der Waals surface area contributed by atoms with E-state index in [-0.39, 0.29) is 0 Å². The summed E-state index contributed by atoms with van der Waals surface area (Å²) in [6.07, 6.45) is 15.2. The normalized spacial score (nSPS) is 12.0. The van der Waals surface area contributed by atoms with Crippen LogP contribution in [0, 0.1) is 25.2 Å². The van der Waals surface area contributed by atoms with Gasteiger partial charge in [-0.3, -0.25) is 24.9 Å². The maximum atomic E-state index is 12.4. The number of aromatic nitrogens is 9. The number of pyridine rings is 5. The fraction of sp³-hybridized carbons (Fsp3) is 0.0345. The maximum Gasteiger partial charge on any atom is 0.102 e. The summed E-state index contributed by atoms with van der Waals surface area (Å²) in [5.41, 5.74) is 14.2. The summed E-state index contributed by atoms with van der Waals surface area (Å²) < 4.78 is 9.30. The van der Waals surface area contributed by atoms with Gasteiger partial charge in [-0.1, -0.05) is 72.8 Å². The molecule has 0 saturated heterocycles. The van der Waals surface area contributed by atoms with Gasteiger partial charge in [0.05, 0.1) is 97.2 Å². The number of fused-ring (bicyclic) bond motifs is 12. The molecule has 9 heterocycles. The summed E-state index contributed by atoms with van der Waals surface area (Å²) in [4.78, 5) is 24.1. The van der Waals surface area contributed by atoms with Crippen LogP contribution in [-0.4, -0.2) is 43.2 Å². The van der Waals surface area contributed by atoms with Crippen LogP contribution in [0.1, 0.15) is 17.0 Å². The Morgan fingerprint density at radius 2 is 0.676 bits per heavy atom. The van der Waals surface area contributed by atoms with Crippen LogP contribution in [-0.2, 0) is 0 Å². The number of nitriles is 1. The molecule has 0 fully saturated rings. The summed E-state index contributed by atoms with van der Waals surface area (Å²) >= 11 is 0. The van der Waals surface area contributed by atoms with E-state index < -0.39 is 0 Å². The van der Waals surface area contributed by atoms with Gasteiger partial charge in [0.2, 0.25) is 0 Å². The van der Waals surface area contributed by atoms with E-state index in [2.05, 4.69) is 158 Å². The molecule has 14 aromatic rings. The lowest BCUT2D eigenvalue weighted by molar-refractivity contribution is 1.01. The number of aryl methyl sites for hydroxylation is 2. The Balaban J connectivity index is 1.39. The first-order chi connectivity index (χ1) is 33.6. The molecule has 0 aliphatic heterocycles. The average Bonchev–Trinajstić information content (AvgIpc) is 4.10. The molecule has 318 valence electrons. The molecule has 0 aliphatic carbocycles. The van der Waals surface area contributed by atoms with Gasteiger partial charge in [-0.25, -0.2) is 0 Å². The summed E-state index contributed by atoms with van der Waals surface area (Å²) in [5.74, 6) is 0. The highest BCUT2D eigenvalue weighted by Gasteiger charge is 2.35. The minimum absolute atomic E-state index is 0.471. The summed E-state index contributed by atoms with van der Waals surface area (Å²) in [6, 6.07) is 49.5. The molecule has 0 spiro atoms. The van der Waals surface area contributed by atoms with Crippen molar-refractivity contribution < 1.29 is 0 Å². The zero-order valence-electron chi connectivity index (χ0n) is 36.8. The lowest BCUT2D eigenvalue weighted by Gasteiger charge is -2.29. The van der Waals surface area contributed by atoms with Crippen molar-refractivity contribution in [3.8, 4) is 39.9 Å². The summed E-state index contributed by atoms with van der Waals surface area (Å²) in [7, 11) is 0. The smallest absolute Gasteiger partial charge is 0.102 e. The van der Waals surface area contributed by atoms with Crippen LogP contribution < -0.4 is 0 Å². The van der Waals surface area contributed by atoms with Crippen molar-refractivity contribution in [2.75, 3.05) is 0 Å².